The lowest BCUT2D eigenvalue weighted by molar-refractivity contribution is -0.142. The largest absolute Gasteiger partial charge is 0.383 e. The second-order valence-electron chi connectivity index (χ2n) is 7.94. The van der Waals surface area contributed by atoms with Gasteiger partial charge in [-0.1, -0.05) is 30.3 Å². The van der Waals surface area contributed by atoms with Gasteiger partial charge in [0.2, 0.25) is 0 Å². The second kappa shape index (κ2) is 9.26. The number of amides is 2. The number of nitrogens with zero attached hydrogens (tertiary/aromatic N) is 2. The number of rotatable bonds is 5. The van der Waals surface area contributed by atoms with Crippen LogP contribution in [0.25, 0.3) is 0 Å². The van der Waals surface area contributed by atoms with Gasteiger partial charge in [-0.05, 0) is 43.4 Å². The van der Waals surface area contributed by atoms with Crippen LogP contribution >= 0.6 is 0 Å². The number of ether oxygens (including phenoxy) is 1. The summed E-state index contributed by atoms with van der Waals surface area (Å²) in [6, 6.07) is 13.4. The van der Waals surface area contributed by atoms with E-state index in [0.29, 0.717) is 31.8 Å². The van der Waals surface area contributed by atoms with Crippen molar-refractivity contribution >= 4 is 17.6 Å². The third-order valence-corrected chi connectivity index (χ3v) is 5.92. The quantitative estimate of drug-likeness (QED) is 0.792. The Hall–Kier alpha value is -2.93. The molecule has 0 radical (unpaired) electrons. The standard InChI is InChI=1S/C23H28N4O3/c24-21-18(22(28)25-15-16-5-2-1-3-6-16)8-9-19(26-21)17-10-12-27(13-11-17)23(29)20-7-4-14-30-20/h1-3,5-6,8-9,17,20H,4,7,10-15H2,(H2,24,26)(H,25,28)/t20-/m0/s1. The minimum Gasteiger partial charge on any atom is -0.383 e. The molecular formula is C23H28N4O3. The van der Waals surface area contributed by atoms with Gasteiger partial charge < -0.3 is 20.7 Å². The van der Waals surface area contributed by atoms with Crippen LogP contribution in [0.2, 0.25) is 0 Å². The van der Waals surface area contributed by atoms with Gasteiger partial charge in [0.15, 0.2) is 0 Å². The van der Waals surface area contributed by atoms with Gasteiger partial charge in [0.1, 0.15) is 11.9 Å². The molecular weight excluding hydrogens is 380 g/mol. The number of nitrogens with two attached hydrogens (primary N) is 1. The molecule has 3 heterocycles. The summed E-state index contributed by atoms with van der Waals surface area (Å²) in [5.41, 5.74) is 8.40. The Morgan fingerprint density at radius 2 is 1.87 bits per heavy atom. The number of nitrogens with one attached hydrogen (secondary N) is 1. The summed E-state index contributed by atoms with van der Waals surface area (Å²) < 4.78 is 5.52. The van der Waals surface area contributed by atoms with Crippen molar-refractivity contribution in [3.63, 3.8) is 0 Å². The molecule has 1 atom stereocenters. The molecule has 2 aliphatic rings. The smallest absolute Gasteiger partial charge is 0.255 e. The number of benzene rings is 1. The maximum atomic E-state index is 12.5. The molecule has 2 fully saturated rings. The molecule has 0 aliphatic carbocycles. The fourth-order valence-electron chi connectivity index (χ4n) is 4.16. The summed E-state index contributed by atoms with van der Waals surface area (Å²) in [7, 11) is 0. The van der Waals surface area contributed by atoms with Crippen LogP contribution in [-0.2, 0) is 16.1 Å². The lowest BCUT2D eigenvalue weighted by Crippen LogP contribution is -2.43. The maximum Gasteiger partial charge on any atom is 0.255 e. The number of anilines is 1. The third kappa shape index (κ3) is 4.62. The highest BCUT2D eigenvalue weighted by Gasteiger charge is 2.31. The first-order valence-electron chi connectivity index (χ1n) is 10.6. The van der Waals surface area contributed by atoms with Crippen molar-refractivity contribution in [1.29, 1.82) is 0 Å². The molecule has 2 aromatic rings. The van der Waals surface area contributed by atoms with Crippen LogP contribution in [0.1, 0.15) is 53.2 Å². The molecule has 0 saturated carbocycles. The van der Waals surface area contributed by atoms with Gasteiger partial charge >= 0.3 is 0 Å². The van der Waals surface area contributed by atoms with Crippen molar-refractivity contribution in [2.75, 3.05) is 25.4 Å². The van der Waals surface area contributed by atoms with Gasteiger partial charge in [-0.15, -0.1) is 0 Å². The zero-order valence-electron chi connectivity index (χ0n) is 17.0. The van der Waals surface area contributed by atoms with E-state index in [-0.39, 0.29) is 29.7 Å². The zero-order valence-corrected chi connectivity index (χ0v) is 17.0. The number of hydrogen-bond acceptors (Lipinski definition) is 5. The lowest BCUT2D eigenvalue weighted by Gasteiger charge is -2.33. The van der Waals surface area contributed by atoms with Crippen LogP contribution in [0.4, 0.5) is 5.82 Å². The highest BCUT2D eigenvalue weighted by Crippen LogP contribution is 2.29. The van der Waals surface area contributed by atoms with E-state index < -0.39 is 0 Å². The summed E-state index contributed by atoms with van der Waals surface area (Å²) in [6.07, 6.45) is 3.20. The minimum atomic E-state index is -0.260. The van der Waals surface area contributed by atoms with E-state index in [1.54, 1.807) is 6.07 Å². The number of pyridine rings is 1. The Morgan fingerprint density at radius 3 is 2.53 bits per heavy atom. The number of aromatic nitrogens is 1. The van der Waals surface area contributed by atoms with Gasteiger partial charge in [-0.25, -0.2) is 4.98 Å². The first kappa shape index (κ1) is 20.3. The van der Waals surface area contributed by atoms with E-state index in [0.717, 1.165) is 36.9 Å². The van der Waals surface area contributed by atoms with Gasteiger partial charge in [-0.2, -0.15) is 0 Å². The number of carbonyl (C=O) groups excluding carboxylic acids is 2. The van der Waals surface area contributed by atoms with E-state index in [9.17, 15) is 9.59 Å². The molecule has 0 unspecified atom stereocenters. The summed E-state index contributed by atoms with van der Waals surface area (Å²) in [5, 5.41) is 2.89. The van der Waals surface area contributed by atoms with Crippen LogP contribution in [0.5, 0.6) is 0 Å². The fraction of sp³-hybridized carbons (Fsp3) is 0.435. The van der Waals surface area contributed by atoms with Crippen LogP contribution in [0, 0.1) is 0 Å². The topological polar surface area (TPSA) is 97.6 Å². The first-order chi connectivity index (χ1) is 14.6. The van der Waals surface area contributed by atoms with Gasteiger partial charge in [-0.3, -0.25) is 9.59 Å². The molecule has 2 amide bonds. The fourth-order valence-corrected chi connectivity index (χ4v) is 4.16. The molecule has 7 heteroatoms. The Kier molecular flexibility index (Phi) is 6.28. The summed E-state index contributed by atoms with van der Waals surface area (Å²) >= 11 is 0. The number of piperidine rings is 1. The van der Waals surface area contributed by atoms with E-state index in [1.807, 2.05) is 41.3 Å². The Bertz CT molecular complexity index is 889. The van der Waals surface area contributed by atoms with Gasteiger partial charge in [0, 0.05) is 37.9 Å². The van der Waals surface area contributed by atoms with Crippen molar-refractivity contribution in [2.45, 2.75) is 44.2 Å². The Morgan fingerprint density at radius 1 is 1.10 bits per heavy atom. The lowest BCUT2D eigenvalue weighted by atomic mass is 9.92. The summed E-state index contributed by atoms with van der Waals surface area (Å²) in [6.45, 7) is 2.52. The van der Waals surface area contributed by atoms with Crippen LogP contribution in [-0.4, -0.2) is 47.5 Å². The number of carbonyl (C=O) groups is 2. The number of nitrogen functional groups attached to an aromatic ring is 1. The van der Waals surface area contributed by atoms with Crippen molar-refractivity contribution in [1.82, 2.24) is 15.2 Å². The van der Waals surface area contributed by atoms with E-state index in [4.69, 9.17) is 10.5 Å². The number of likely N-dealkylation sites (tertiary alicyclic amines) is 1. The minimum absolute atomic E-state index is 0.115. The molecule has 0 spiro atoms. The molecule has 1 aromatic carbocycles. The maximum absolute atomic E-state index is 12.5. The number of hydrogen-bond donors (Lipinski definition) is 2. The van der Waals surface area contributed by atoms with Crippen molar-refractivity contribution < 1.29 is 14.3 Å². The van der Waals surface area contributed by atoms with E-state index in [1.165, 1.54) is 0 Å². The molecule has 0 bridgehead atoms. The molecule has 3 N–H and O–H groups in total. The molecule has 1 aromatic heterocycles. The summed E-state index contributed by atoms with van der Waals surface area (Å²) in [5.74, 6) is 0.370. The SMILES string of the molecule is Nc1nc(C2CCN(C(=O)[C@@H]3CCCO3)CC2)ccc1C(=O)NCc1ccccc1. The summed E-state index contributed by atoms with van der Waals surface area (Å²) in [4.78, 5) is 31.4. The predicted octanol–water partition coefficient (Wildman–Crippen LogP) is 2.48. The second-order valence-corrected chi connectivity index (χ2v) is 7.94. The molecule has 4 rings (SSSR count). The van der Waals surface area contributed by atoms with Crippen LogP contribution in [0.3, 0.4) is 0 Å². The molecule has 30 heavy (non-hydrogen) atoms. The molecule has 7 nitrogen and oxygen atoms in total. The highest BCUT2D eigenvalue weighted by molar-refractivity contribution is 5.98. The highest BCUT2D eigenvalue weighted by atomic mass is 16.5. The van der Waals surface area contributed by atoms with Crippen molar-refractivity contribution in [3.05, 3.63) is 59.3 Å². The van der Waals surface area contributed by atoms with Gasteiger partial charge in [0.05, 0.1) is 5.56 Å². The predicted molar refractivity (Wildman–Crippen MR) is 114 cm³/mol. The van der Waals surface area contributed by atoms with Crippen molar-refractivity contribution in [3.8, 4) is 0 Å². The van der Waals surface area contributed by atoms with Crippen LogP contribution < -0.4 is 11.1 Å². The average Bonchev–Trinajstić information content (AvgIpc) is 3.33. The first-order valence-corrected chi connectivity index (χ1v) is 10.6. The Labute approximate surface area is 176 Å². The van der Waals surface area contributed by atoms with Crippen LogP contribution in [0.15, 0.2) is 42.5 Å². The Balaban J connectivity index is 1.33. The monoisotopic (exact) mass is 408 g/mol. The average molecular weight is 409 g/mol. The molecule has 2 saturated heterocycles. The zero-order chi connectivity index (χ0) is 20.9. The van der Waals surface area contributed by atoms with Crippen molar-refractivity contribution in [2.24, 2.45) is 0 Å². The van der Waals surface area contributed by atoms with E-state index in [2.05, 4.69) is 10.3 Å². The normalized spacial score (nSPS) is 19.6. The molecule has 158 valence electrons. The molecule has 2 aliphatic heterocycles. The van der Waals surface area contributed by atoms with Gasteiger partial charge in [0.25, 0.3) is 11.8 Å². The third-order valence-electron chi connectivity index (χ3n) is 5.92. The van der Waals surface area contributed by atoms with E-state index >= 15 is 0 Å².